The quantitative estimate of drug-likeness (QED) is 0.824. The Morgan fingerprint density at radius 3 is 2.52 bits per heavy atom. The molecule has 0 radical (unpaired) electrons. The molecule has 5 aliphatic rings. The van der Waals surface area contributed by atoms with Crippen molar-refractivity contribution in [3.63, 3.8) is 0 Å². The molecule has 6 rings (SSSR count). The summed E-state index contributed by atoms with van der Waals surface area (Å²) in [7, 11) is 0. The molecule has 0 aromatic heterocycles. The van der Waals surface area contributed by atoms with Crippen molar-refractivity contribution in [3.8, 4) is 5.75 Å². The summed E-state index contributed by atoms with van der Waals surface area (Å²) >= 11 is 0. The van der Waals surface area contributed by atoms with Crippen molar-refractivity contribution in [3.05, 3.63) is 18.2 Å². The summed E-state index contributed by atoms with van der Waals surface area (Å²) in [5.41, 5.74) is 1.59. The van der Waals surface area contributed by atoms with Crippen LogP contribution in [-0.2, 0) is 9.59 Å². The molecule has 1 aromatic carbocycles. The molecule has 4 aliphatic carbocycles. The molecule has 4 saturated carbocycles. The van der Waals surface area contributed by atoms with Gasteiger partial charge in [-0.3, -0.25) is 9.59 Å². The minimum atomic E-state index is -0.464. The number of carbonyl (C=O) groups is 2. The van der Waals surface area contributed by atoms with Gasteiger partial charge in [0.2, 0.25) is 0 Å². The number of amides is 1. The third-order valence-corrected chi connectivity index (χ3v) is 7.22. The van der Waals surface area contributed by atoms with E-state index in [-0.39, 0.29) is 11.3 Å². The van der Waals surface area contributed by atoms with Gasteiger partial charge in [-0.15, -0.1) is 0 Å². The first-order chi connectivity index (χ1) is 13.0. The molecule has 1 aliphatic heterocycles. The maximum Gasteiger partial charge on any atom is 0.265 e. The first-order valence-corrected chi connectivity index (χ1v) is 10.4. The minimum absolute atomic E-state index is 0.00969. The van der Waals surface area contributed by atoms with E-state index in [0.717, 1.165) is 42.7 Å². The molecule has 5 nitrogen and oxygen atoms in total. The van der Waals surface area contributed by atoms with E-state index in [2.05, 4.69) is 10.6 Å². The highest BCUT2D eigenvalue weighted by Crippen LogP contribution is 2.60. The lowest BCUT2D eigenvalue weighted by molar-refractivity contribution is -0.143. The van der Waals surface area contributed by atoms with Crippen molar-refractivity contribution < 1.29 is 14.3 Å². The number of benzene rings is 1. The van der Waals surface area contributed by atoms with E-state index in [1.165, 1.54) is 19.3 Å². The maximum absolute atomic E-state index is 13.1. The average molecular weight is 368 g/mol. The zero-order valence-corrected chi connectivity index (χ0v) is 15.9. The maximum atomic E-state index is 13.1. The lowest BCUT2D eigenvalue weighted by atomic mass is 9.48. The Balaban J connectivity index is 1.20. The molecule has 2 N–H and O–H groups in total. The molecule has 1 atom stereocenters. The fourth-order valence-electron chi connectivity index (χ4n) is 6.36. The zero-order chi connectivity index (χ0) is 18.6. The van der Waals surface area contributed by atoms with E-state index >= 15 is 0 Å². The Kier molecular flexibility index (Phi) is 3.95. The van der Waals surface area contributed by atoms with Crippen LogP contribution in [-0.4, -0.2) is 24.3 Å². The first kappa shape index (κ1) is 17.1. The smallest absolute Gasteiger partial charge is 0.265 e. The number of rotatable bonds is 5. The van der Waals surface area contributed by atoms with Crippen molar-refractivity contribution in [1.29, 1.82) is 0 Å². The predicted molar refractivity (Wildman–Crippen MR) is 104 cm³/mol. The highest BCUT2D eigenvalue weighted by molar-refractivity contribution is 5.98. The molecule has 144 valence electrons. The van der Waals surface area contributed by atoms with Crippen molar-refractivity contribution >= 4 is 23.1 Å². The third kappa shape index (κ3) is 3.01. The molecule has 4 bridgehead atoms. The van der Waals surface area contributed by atoms with Crippen LogP contribution in [0.2, 0.25) is 0 Å². The van der Waals surface area contributed by atoms with E-state index in [4.69, 9.17) is 4.74 Å². The number of hydrogen-bond acceptors (Lipinski definition) is 4. The molecule has 4 fully saturated rings. The molecular formula is C22H28N2O3. The van der Waals surface area contributed by atoms with Gasteiger partial charge >= 0.3 is 0 Å². The van der Waals surface area contributed by atoms with Gasteiger partial charge in [0.25, 0.3) is 5.91 Å². The van der Waals surface area contributed by atoms with Gasteiger partial charge in [-0.05, 0) is 81.4 Å². The van der Waals surface area contributed by atoms with Crippen LogP contribution >= 0.6 is 0 Å². The summed E-state index contributed by atoms with van der Waals surface area (Å²) in [6.07, 6.45) is 7.64. The summed E-state index contributed by atoms with van der Waals surface area (Å²) in [5.74, 6) is 3.45. The largest absolute Gasteiger partial charge is 0.479 e. The second-order valence-corrected chi connectivity index (χ2v) is 9.26. The Hall–Kier alpha value is -2.04. The minimum Gasteiger partial charge on any atom is -0.479 e. The van der Waals surface area contributed by atoms with Gasteiger partial charge in [0.1, 0.15) is 11.5 Å². The molecule has 27 heavy (non-hydrogen) atoms. The van der Waals surface area contributed by atoms with Gasteiger partial charge in [0.05, 0.1) is 5.69 Å². The molecule has 5 heteroatoms. The summed E-state index contributed by atoms with van der Waals surface area (Å²) in [4.78, 5) is 24.9. The van der Waals surface area contributed by atoms with E-state index in [9.17, 15) is 9.59 Å². The molecular weight excluding hydrogens is 340 g/mol. The lowest BCUT2D eigenvalue weighted by Gasteiger charge is -2.56. The number of hydrogen-bond donors (Lipinski definition) is 2. The van der Waals surface area contributed by atoms with Gasteiger partial charge in [0.15, 0.2) is 6.10 Å². The van der Waals surface area contributed by atoms with Crippen LogP contribution in [0.25, 0.3) is 0 Å². The van der Waals surface area contributed by atoms with Gasteiger partial charge in [-0.1, -0.05) is 0 Å². The van der Waals surface area contributed by atoms with Crippen LogP contribution in [0.3, 0.4) is 0 Å². The van der Waals surface area contributed by atoms with Crippen molar-refractivity contribution in [2.45, 2.75) is 58.0 Å². The number of Topliss-reactive ketones (excluding diaryl/α,β-unsaturated/α-hetero) is 1. The number of ether oxygens (including phenoxy) is 1. The molecule has 1 amide bonds. The fourth-order valence-corrected chi connectivity index (χ4v) is 6.36. The van der Waals surface area contributed by atoms with E-state index < -0.39 is 6.10 Å². The number of carbonyl (C=O) groups excluding carboxylic acids is 2. The monoisotopic (exact) mass is 368 g/mol. The van der Waals surface area contributed by atoms with Crippen LogP contribution in [0.5, 0.6) is 5.75 Å². The Morgan fingerprint density at radius 1 is 1.19 bits per heavy atom. The van der Waals surface area contributed by atoms with Crippen molar-refractivity contribution in [1.82, 2.24) is 0 Å². The van der Waals surface area contributed by atoms with E-state index in [1.807, 2.05) is 18.2 Å². The number of fused-ring (bicyclic) bond motifs is 1. The molecule has 1 heterocycles. The van der Waals surface area contributed by atoms with Crippen LogP contribution in [0.4, 0.5) is 11.4 Å². The van der Waals surface area contributed by atoms with E-state index in [1.54, 1.807) is 6.92 Å². The molecule has 0 unspecified atom stereocenters. The highest BCUT2D eigenvalue weighted by Gasteiger charge is 2.53. The second-order valence-electron chi connectivity index (χ2n) is 9.26. The third-order valence-electron chi connectivity index (χ3n) is 7.22. The van der Waals surface area contributed by atoms with Crippen LogP contribution < -0.4 is 15.4 Å². The second kappa shape index (κ2) is 6.25. The number of nitrogens with one attached hydrogen (secondary N) is 2. The fraction of sp³-hybridized carbons (Fsp3) is 0.636. The van der Waals surface area contributed by atoms with Crippen LogP contribution in [0, 0.1) is 23.2 Å². The standard InChI is InChI=1S/C22H28N2O3/c1-13-21(26)24-18-9-17(2-3-19(18)27-13)23-5-4-20(25)22-10-14-6-15(11-22)8-16(7-14)12-22/h2-3,9,13-16,23H,4-8,10-12H2,1H3,(H,24,26)/t13-,14?,15?,16?,22?/m1/s1. The predicted octanol–water partition coefficient (Wildman–Crippen LogP) is 3.99. The normalized spacial score (nSPS) is 36.0. The van der Waals surface area contributed by atoms with Gasteiger partial charge < -0.3 is 15.4 Å². The summed E-state index contributed by atoms with van der Waals surface area (Å²) < 4.78 is 5.59. The summed E-state index contributed by atoms with van der Waals surface area (Å²) in [6.45, 7) is 2.38. The molecule has 0 saturated heterocycles. The molecule has 1 aromatic rings. The van der Waals surface area contributed by atoms with Crippen molar-refractivity contribution in [2.75, 3.05) is 17.2 Å². The molecule has 0 spiro atoms. The summed E-state index contributed by atoms with van der Waals surface area (Å²) in [6, 6.07) is 5.70. The van der Waals surface area contributed by atoms with E-state index in [0.29, 0.717) is 30.2 Å². The summed E-state index contributed by atoms with van der Waals surface area (Å²) in [5, 5.41) is 6.22. The Labute approximate surface area is 160 Å². The van der Waals surface area contributed by atoms with Gasteiger partial charge in [-0.25, -0.2) is 0 Å². The Morgan fingerprint density at radius 2 is 1.85 bits per heavy atom. The van der Waals surface area contributed by atoms with Crippen molar-refractivity contribution in [2.24, 2.45) is 23.2 Å². The number of anilines is 2. The lowest BCUT2D eigenvalue weighted by Crippen LogP contribution is -2.50. The Bertz CT molecular complexity index is 752. The first-order valence-electron chi connectivity index (χ1n) is 10.4. The van der Waals surface area contributed by atoms with Gasteiger partial charge in [-0.2, -0.15) is 0 Å². The van der Waals surface area contributed by atoms with Crippen LogP contribution in [0.15, 0.2) is 18.2 Å². The zero-order valence-electron chi connectivity index (χ0n) is 15.9. The van der Waals surface area contributed by atoms with Gasteiger partial charge in [0, 0.05) is 24.1 Å². The SMILES string of the molecule is C[C@H]1Oc2ccc(NCCC(=O)C34CC5CC(CC(C5)C3)C4)cc2NC1=O. The van der Waals surface area contributed by atoms with Crippen LogP contribution in [0.1, 0.15) is 51.9 Å². The topological polar surface area (TPSA) is 67.4 Å². The average Bonchev–Trinajstić information content (AvgIpc) is 2.61. The number of ketones is 1. The highest BCUT2D eigenvalue weighted by atomic mass is 16.5.